The van der Waals surface area contributed by atoms with Gasteiger partial charge in [-0.3, -0.25) is 14.9 Å². The smallest absolute Gasteiger partial charge is 0.338 e. The summed E-state index contributed by atoms with van der Waals surface area (Å²) in [5.41, 5.74) is 1.13. The fourth-order valence-electron chi connectivity index (χ4n) is 2.73. The molecular weight excluding hydrogens is 406 g/mol. The lowest BCUT2D eigenvalue weighted by Gasteiger charge is -2.12. The summed E-state index contributed by atoms with van der Waals surface area (Å²) in [5.74, 6) is -1.70. The van der Waals surface area contributed by atoms with Crippen LogP contribution < -0.4 is 10.6 Å². The maximum atomic E-state index is 12.3. The number of esters is 2. The van der Waals surface area contributed by atoms with Gasteiger partial charge in [-0.15, -0.1) is 0 Å². The van der Waals surface area contributed by atoms with Crippen molar-refractivity contribution in [1.82, 2.24) is 0 Å². The molecule has 2 N–H and O–H groups in total. The third kappa shape index (κ3) is 6.26. The highest BCUT2D eigenvalue weighted by molar-refractivity contribution is 5.98. The van der Waals surface area contributed by atoms with Gasteiger partial charge in [0.2, 0.25) is 5.91 Å². The van der Waals surface area contributed by atoms with Crippen molar-refractivity contribution in [2.24, 2.45) is 0 Å². The molecule has 10 heteroatoms. The molecule has 0 spiro atoms. The average Bonchev–Trinajstić information content (AvgIpc) is 2.73. The van der Waals surface area contributed by atoms with Gasteiger partial charge in [0.15, 0.2) is 0 Å². The molecule has 2 rings (SSSR count). The largest absolute Gasteiger partial charge is 0.462 e. The van der Waals surface area contributed by atoms with Gasteiger partial charge in [-0.2, -0.15) is 0 Å². The number of carbonyl (C=O) groups is 3. The number of amides is 1. The minimum Gasteiger partial charge on any atom is -0.462 e. The van der Waals surface area contributed by atoms with Crippen LogP contribution in [-0.4, -0.2) is 42.5 Å². The average molecular weight is 429 g/mol. The summed E-state index contributed by atoms with van der Waals surface area (Å²) in [5, 5.41) is 16.5. The molecule has 0 aromatic heterocycles. The van der Waals surface area contributed by atoms with E-state index in [9.17, 15) is 24.5 Å². The third-order valence-corrected chi connectivity index (χ3v) is 4.18. The van der Waals surface area contributed by atoms with E-state index in [2.05, 4.69) is 10.6 Å². The molecule has 10 nitrogen and oxygen atoms in total. The quantitative estimate of drug-likeness (QED) is 0.352. The van der Waals surface area contributed by atoms with Crippen LogP contribution in [0, 0.1) is 17.0 Å². The maximum Gasteiger partial charge on any atom is 0.338 e. The highest BCUT2D eigenvalue weighted by Crippen LogP contribution is 2.25. The van der Waals surface area contributed by atoms with Crippen LogP contribution in [0.1, 0.15) is 40.1 Å². The molecule has 0 saturated carbocycles. The Morgan fingerprint density at radius 1 is 1.00 bits per heavy atom. The Morgan fingerprint density at radius 3 is 2.10 bits per heavy atom. The lowest BCUT2D eigenvalue weighted by atomic mass is 10.1. The highest BCUT2D eigenvalue weighted by Gasteiger charge is 2.17. The first-order valence-electron chi connectivity index (χ1n) is 9.53. The van der Waals surface area contributed by atoms with E-state index in [1.807, 2.05) is 0 Å². The molecule has 1 amide bonds. The second-order valence-electron chi connectivity index (χ2n) is 6.35. The predicted molar refractivity (Wildman–Crippen MR) is 113 cm³/mol. The number of carbonyl (C=O) groups excluding carboxylic acids is 3. The first kappa shape index (κ1) is 23.3. The Bertz CT molecular complexity index is 968. The molecule has 2 aromatic carbocycles. The van der Waals surface area contributed by atoms with E-state index in [1.165, 1.54) is 37.3 Å². The van der Waals surface area contributed by atoms with Crippen LogP contribution in [0.25, 0.3) is 0 Å². The maximum absolute atomic E-state index is 12.3. The van der Waals surface area contributed by atoms with Gasteiger partial charge in [0.05, 0.1) is 47.1 Å². The van der Waals surface area contributed by atoms with Crippen molar-refractivity contribution in [2.75, 3.05) is 30.4 Å². The molecule has 0 fully saturated rings. The molecule has 0 unspecified atom stereocenters. The summed E-state index contributed by atoms with van der Waals surface area (Å²) in [7, 11) is 0. The fraction of sp³-hybridized carbons (Fsp3) is 0.286. The Morgan fingerprint density at radius 2 is 1.58 bits per heavy atom. The Labute approximate surface area is 178 Å². The topological polar surface area (TPSA) is 137 Å². The normalized spacial score (nSPS) is 10.2. The van der Waals surface area contributed by atoms with Crippen LogP contribution in [0.5, 0.6) is 0 Å². The molecule has 0 aliphatic rings. The standard InChI is InChI=1S/C21H23N3O7/c1-4-30-20(26)14-9-15(21(27)31-5-2)11-16(10-14)22-12-19(25)23-17-7-6-8-18(13(17)3)24(28)29/h6-11,22H,4-5,12H2,1-3H3,(H,23,25). The van der Waals surface area contributed by atoms with Crippen molar-refractivity contribution in [3.63, 3.8) is 0 Å². The van der Waals surface area contributed by atoms with Gasteiger partial charge >= 0.3 is 11.9 Å². The van der Waals surface area contributed by atoms with Gasteiger partial charge in [-0.25, -0.2) is 9.59 Å². The second kappa shape index (κ2) is 10.7. The summed E-state index contributed by atoms with van der Waals surface area (Å²) >= 11 is 0. The lowest BCUT2D eigenvalue weighted by Crippen LogP contribution is -2.22. The van der Waals surface area contributed by atoms with Gasteiger partial charge in [0.25, 0.3) is 5.69 Å². The SMILES string of the molecule is CCOC(=O)c1cc(NCC(=O)Nc2cccc([N+](=O)[O-])c2C)cc(C(=O)OCC)c1. The van der Waals surface area contributed by atoms with Gasteiger partial charge in [-0.1, -0.05) is 6.07 Å². The molecule has 0 radical (unpaired) electrons. The first-order chi connectivity index (χ1) is 14.8. The predicted octanol–water partition coefficient (Wildman–Crippen LogP) is 3.31. The number of nitrogens with one attached hydrogen (secondary N) is 2. The van der Waals surface area contributed by atoms with Crippen LogP contribution in [0.15, 0.2) is 36.4 Å². The summed E-state index contributed by atoms with van der Waals surface area (Å²) in [6.07, 6.45) is 0. The Hall–Kier alpha value is -3.95. The van der Waals surface area contributed by atoms with Gasteiger partial charge in [0, 0.05) is 11.8 Å². The van der Waals surface area contributed by atoms with E-state index in [0.29, 0.717) is 16.9 Å². The number of hydrogen-bond acceptors (Lipinski definition) is 8. The summed E-state index contributed by atoms with van der Waals surface area (Å²) in [6.45, 7) is 4.97. The van der Waals surface area contributed by atoms with E-state index in [4.69, 9.17) is 9.47 Å². The number of anilines is 2. The van der Waals surface area contributed by atoms with Crippen LogP contribution in [0.3, 0.4) is 0 Å². The van der Waals surface area contributed by atoms with E-state index in [0.717, 1.165) is 0 Å². The zero-order valence-electron chi connectivity index (χ0n) is 17.4. The molecule has 0 saturated heterocycles. The molecule has 0 bridgehead atoms. The third-order valence-electron chi connectivity index (χ3n) is 4.18. The number of nitro groups is 1. The van der Waals surface area contributed by atoms with E-state index in [-0.39, 0.29) is 36.6 Å². The number of nitrogens with zero attached hydrogens (tertiary/aromatic N) is 1. The van der Waals surface area contributed by atoms with E-state index in [1.54, 1.807) is 19.9 Å². The van der Waals surface area contributed by atoms with Crippen molar-refractivity contribution < 1.29 is 28.8 Å². The van der Waals surface area contributed by atoms with Crippen molar-refractivity contribution in [3.05, 3.63) is 63.2 Å². The zero-order chi connectivity index (χ0) is 23.0. The molecule has 2 aromatic rings. The number of ether oxygens (including phenoxy) is 2. The summed E-state index contributed by atoms with van der Waals surface area (Å²) in [4.78, 5) is 47.0. The minimum absolute atomic E-state index is 0.105. The number of benzene rings is 2. The molecule has 0 aliphatic carbocycles. The van der Waals surface area contributed by atoms with E-state index >= 15 is 0 Å². The van der Waals surface area contributed by atoms with Gasteiger partial charge < -0.3 is 20.1 Å². The van der Waals surface area contributed by atoms with Crippen molar-refractivity contribution >= 4 is 34.9 Å². The molecular formula is C21H23N3O7. The van der Waals surface area contributed by atoms with Gasteiger partial charge in [-0.05, 0) is 45.0 Å². The highest BCUT2D eigenvalue weighted by atomic mass is 16.6. The van der Waals surface area contributed by atoms with Crippen LogP contribution in [0.4, 0.5) is 17.1 Å². The van der Waals surface area contributed by atoms with Gasteiger partial charge in [0.1, 0.15) is 0 Å². The van der Waals surface area contributed by atoms with Crippen molar-refractivity contribution in [2.45, 2.75) is 20.8 Å². The number of rotatable bonds is 9. The fourth-order valence-corrected chi connectivity index (χ4v) is 2.73. The summed E-state index contributed by atoms with van der Waals surface area (Å²) in [6, 6.07) is 8.64. The Kier molecular flexibility index (Phi) is 8.07. The summed E-state index contributed by atoms with van der Waals surface area (Å²) < 4.78 is 9.95. The first-order valence-corrected chi connectivity index (χ1v) is 9.53. The van der Waals surface area contributed by atoms with Crippen molar-refractivity contribution in [3.8, 4) is 0 Å². The molecule has 0 heterocycles. The second-order valence-corrected chi connectivity index (χ2v) is 6.35. The monoisotopic (exact) mass is 429 g/mol. The minimum atomic E-state index is -0.617. The van der Waals surface area contributed by atoms with Crippen LogP contribution in [0.2, 0.25) is 0 Å². The lowest BCUT2D eigenvalue weighted by molar-refractivity contribution is -0.385. The van der Waals surface area contributed by atoms with Crippen LogP contribution in [-0.2, 0) is 14.3 Å². The molecule has 0 aliphatic heterocycles. The van der Waals surface area contributed by atoms with Crippen LogP contribution >= 0.6 is 0 Å². The number of nitro benzene ring substituents is 1. The van der Waals surface area contributed by atoms with E-state index < -0.39 is 22.8 Å². The molecule has 31 heavy (non-hydrogen) atoms. The molecule has 0 atom stereocenters. The molecule has 164 valence electrons. The zero-order valence-corrected chi connectivity index (χ0v) is 17.4. The Balaban J connectivity index is 2.17. The number of hydrogen-bond donors (Lipinski definition) is 2. The van der Waals surface area contributed by atoms with Crippen molar-refractivity contribution in [1.29, 1.82) is 0 Å².